The molecular formula is C27H32KN6O22P2. The second-order valence-corrected chi connectivity index (χ2v) is 14.7. The van der Waals surface area contributed by atoms with E-state index in [4.69, 9.17) is 32.3 Å². The summed E-state index contributed by atoms with van der Waals surface area (Å²) in [5.41, 5.74) is -5.83. The number of nitrogens with one attached hydrogen (secondary N) is 3. The van der Waals surface area contributed by atoms with Crippen LogP contribution in [0.1, 0.15) is 18.7 Å². The Hall–Kier alpha value is -3.00. The zero-order valence-electron chi connectivity index (χ0n) is 29.4. The van der Waals surface area contributed by atoms with Crippen molar-refractivity contribution in [3.8, 4) is 0 Å². The minimum atomic E-state index is -5.49. The van der Waals surface area contributed by atoms with E-state index in [1.807, 2.05) is 15.0 Å². The summed E-state index contributed by atoms with van der Waals surface area (Å²) in [4.78, 5) is 121. The molecule has 5 heterocycles. The van der Waals surface area contributed by atoms with Crippen molar-refractivity contribution in [2.45, 2.75) is 61.4 Å². The van der Waals surface area contributed by atoms with Crippen LogP contribution in [0.15, 0.2) is 65.6 Å². The number of aromatic nitrogens is 6. The summed E-state index contributed by atoms with van der Waals surface area (Å²) >= 11 is 0. The first kappa shape index (κ1) is 47.7. The third-order valence-corrected chi connectivity index (χ3v) is 10.0. The minimum Gasteiger partial charge on any atom is -0.394 e. The van der Waals surface area contributed by atoms with Crippen LogP contribution in [0.3, 0.4) is 0 Å². The molecule has 8 N–H and O–H groups in total. The summed E-state index contributed by atoms with van der Waals surface area (Å²) in [5, 5.41) is 31.7. The van der Waals surface area contributed by atoms with Gasteiger partial charge in [-0.15, -0.1) is 0 Å². The summed E-state index contributed by atoms with van der Waals surface area (Å²) in [5.74, 6) is 0. The van der Waals surface area contributed by atoms with E-state index >= 15 is 0 Å². The van der Waals surface area contributed by atoms with Gasteiger partial charge >= 0.3 is 32.7 Å². The van der Waals surface area contributed by atoms with E-state index in [2.05, 4.69) is 0 Å². The van der Waals surface area contributed by atoms with Crippen LogP contribution in [-0.2, 0) is 51.0 Å². The Balaban J connectivity index is 0.00000744. The predicted octanol–water partition coefficient (Wildman–Crippen LogP) is -5.95. The number of aliphatic hydroxyl groups is 3. The molecule has 2 aliphatic heterocycles. The Labute approximate surface area is 362 Å². The first-order valence-corrected chi connectivity index (χ1v) is 19.0. The third kappa shape index (κ3) is 11.4. The van der Waals surface area contributed by atoms with Crippen LogP contribution in [0.2, 0.25) is 0 Å². The first-order chi connectivity index (χ1) is 26.9. The number of nitrogens with zero attached hydrogens (tertiary/aromatic N) is 3. The maximum atomic E-state index is 13.1. The number of phosphoric acid groups is 2. The number of hydrogen-bond donors (Lipinski definition) is 8. The number of hydrogen-bond acceptors (Lipinski definition) is 20. The largest absolute Gasteiger partial charge is 0.472 e. The van der Waals surface area contributed by atoms with Crippen molar-refractivity contribution in [1.29, 1.82) is 0 Å². The average Bonchev–Trinajstić information content (AvgIpc) is 3.61. The number of aldehydes is 2. The molecule has 0 aliphatic carbocycles. The van der Waals surface area contributed by atoms with Gasteiger partial charge in [-0.3, -0.25) is 65.9 Å². The molecule has 58 heavy (non-hydrogen) atoms. The molecule has 3 aromatic heterocycles. The van der Waals surface area contributed by atoms with E-state index in [1.165, 1.54) is 0 Å². The van der Waals surface area contributed by atoms with Crippen molar-refractivity contribution >= 4 is 79.6 Å². The summed E-state index contributed by atoms with van der Waals surface area (Å²) in [6.45, 7) is -3.28. The van der Waals surface area contributed by atoms with Crippen LogP contribution < -0.4 is 33.7 Å². The Kier molecular flexibility index (Phi) is 16.5. The molecule has 5 rings (SSSR count). The molecule has 31 heteroatoms. The maximum Gasteiger partial charge on any atom is 0.472 e. The van der Waals surface area contributed by atoms with E-state index in [0.717, 1.165) is 36.8 Å². The quantitative estimate of drug-likeness (QED) is 0.0335. The molecule has 313 valence electrons. The fourth-order valence-electron chi connectivity index (χ4n) is 5.48. The van der Waals surface area contributed by atoms with Crippen LogP contribution in [0.5, 0.6) is 0 Å². The molecule has 12 unspecified atom stereocenters. The summed E-state index contributed by atoms with van der Waals surface area (Å²) < 4.78 is 64.0. The van der Waals surface area contributed by atoms with Crippen molar-refractivity contribution in [2.24, 2.45) is 0 Å². The van der Waals surface area contributed by atoms with Gasteiger partial charge in [-0.2, -0.15) is 0 Å². The molecule has 0 saturated carbocycles. The molecular weight excluding hydrogens is 861 g/mol. The summed E-state index contributed by atoms with van der Waals surface area (Å²) in [6, 6.07) is 2.58. The zero-order valence-corrected chi connectivity index (χ0v) is 34.3. The molecule has 1 radical (unpaired) electrons. The second kappa shape index (κ2) is 20.0. The van der Waals surface area contributed by atoms with Crippen LogP contribution >= 0.6 is 15.6 Å². The molecule has 0 bridgehead atoms. The van der Waals surface area contributed by atoms with Gasteiger partial charge in [-0.1, -0.05) is 0 Å². The molecule has 2 aliphatic rings. The molecule has 2 saturated heterocycles. The summed E-state index contributed by atoms with van der Waals surface area (Å²) in [7, 11) is -10.9. The number of ether oxygens (including phenoxy) is 3. The molecule has 2 fully saturated rings. The van der Waals surface area contributed by atoms with Gasteiger partial charge in [0.2, 0.25) is 0 Å². The number of carbonyl (C=O) groups excluding carboxylic acids is 2. The molecule has 3 aromatic rings. The summed E-state index contributed by atoms with van der Waals surface area (Å²) in [6.07, 6.45) is -16.1. The van der Waals surface area contributed by atoms with Gasteiger partial charge in [0.15, 0.2) is 31.3 Å². The van der Waals surface area contributed by atoms with Crippen molar-refractivity contribution < 1.29 is 76.1 Å². The Morgan fingerprint density at radius 1 is 0.724 bits per heavy atom. The van der Waals surface area contributed by atoms with Crippen LogP contribution in [0.25, 0.3) is 0 Å². The first-order valence-electron chi connectivity index (χ1n) is 16.0. The number of aromatic amines is 3. The maximum absolute atomic E-state index is 13.1. The smallest absolute Gasteiger partial charge is 0.394 e. The second-order valence-electron chi connectivity index (χ2n) is 11.9. The Morgan fingerprint density at radius 2 is 1.19 bits per heavy atom. The number of phosphoric ester groups is 2. The SMILES string of the molecule is O=CC(COP(=O)(O)OC1C(COP(=O)(O)OC2C(CO)OC(n3ccc(=O)[nH]c3=O)C2O)OC(n2ccc(=O)[nH]c2=O)C1O)OC(C=O)n1ccc(=O)[nH]c1=O.[K]. The van der Waals surface area contributed by atoms with E-state index < -0.39 is 131 Å². The third-order valence-electron chi connectivity index (χ3n) is 8.07. The average molecular weight is 894 g/mol. The number of H-pyrrole nitrogens is 3. The van der Waals surface area contributed by atoms with Gasteiger partial charge in [0.1, 0.15) is 42.7 Å². The number of aliphatic hydroxyl groups excluding tert-OH is 3. The number of rotatable bonds is 18. The van der Waals surface area contributed by atoms with Gasteiger partial charge in [0, 0.05) is 88.2 Å². The molecule has 0 aromatic carbocycles. The van der Waals surface area contributed by atoms with Crippen molar-refractivity contribution in [2.75, 3.05) is 19.8 Å². The predicted molar refractivity (Wildman–Crippen MR) is 184 cm³/mol. The molecule has 28 nitrogen and oxygen atoms in total. The monoisotopic (exact) mass is 893 g/mol. The van der Waals surface area contributed by atoms with Crippen molar-refractivity contribution in [3.05, 3.63) is 99.3 Å². The van der Waals surface area contributed by atoms with E-state index in [9.17, 15) is 72.6 Å². The van der Waals surface area contributed by atoms with Gasteiger partial charge in [0.25, 0.3) is 16.7 Å². The Morgan fingerprint density at radius 3 is 1.66 bits per heavy atom. The van der Waals surface area contributed by atoms with Gasteiger partial charge in [0.05, 0.1) is 19.8 Å². The van der Waals surface area contributed by atoms with Crippen LogP contribution in [-0.4, -0.2) is 180 Å². The Bertz CT molecular complexity index is 2400. The zero-order chi connectivity index (χ0) is 41.8. The fourth-order valence-corrected chi connectivity index (χ4v) is 7.41. The van der Waals surface area contributed by atoms with Crippen LogP contribution in [0.4, 0.5) is 0 Å². The van der Waals surface area contributed by atoms with E-state index in [1.54, 1.807) is 0 Å². The normalized spacial score (nSPS) is 27.5. The van der Waals surface area contributed by atoms with Crippen molar-refractivity contribution in [1.82, 2.24) is 28.7 Å². The molecule has 0 amide bonds. The van der Waals surface area contributed by atoms with E-state index in [0.29, 0.717) is 13.7 Å². The minimum absolute atomic E-state index is 0. The molecule has 0 spiro atoms. The molecule has 12 atom stereocenters. The standard InChI is InChI=1S/C27H32N6O22P2.K/c34-7-12(51-18(9-36)31-4-1-15(37)28-25(31)42)10-49-56(45,46)55-22-14(53-24(20(22)41)33-6-3-17(39)30-27(33)44)11-50-57(47,48)54-21-13(8-35)52-23(19(21)40)32-5-2-16(38)29-26(32)43;/h1-7,9,12-14,18-24,35,40-41H,8,10-11H2,(H,45,46)(H,47,48)(H,28,37,42)(H,29,38,43)(H,30,39,44);. The van der Waals surface area contributed by atoms with E-state index in [-0.39, 0.29) is 64.0 Å². The fraction of sp³-hybridized carbons (Fsp3) is 0.481. The van der Waals surface area contributed by atoms with Gasteiger partial charge in [-0.05, 0) is 0 Å². The van der Waals surface area contributed by atoms with Crippen molar-refractivity contribution in [3.63, 3.8) is 0 Å². The number of carbonyl (C=O) groups is 2. The van der Waals surface area contributed by atoms with Gasteiger partial charge in [-0.25, -0.2) is 23.5 Å². The topological polar surface area (TPSA) is 399 Å². The van der Waals surface area contributed by atoms with Gasteiger partial charge < -0.3 is 44.1 Å². The van der Waals surface area contributed by atoms with Crippen LogP contribution in [0, 0.1) is 0 Å².